The van der Waals surface area contributed by atoms with Crippen molar-refractivity contribution in [2.45, 2.75) is 31.6 Å². The first-order valence-corrected chi connectivity index (χ1v) is 6.32. The number of carbonyl (C=O) groups is 2. The first-order valence-electron chi connectivity index (χ1n) is 6.32. The molecule has 3 N–H and O–H groups in total. The van der Waals surface area contributed by atoms with Crippen molar-refractivity contribution in [1.82, 2.24) is 4.98 Å². The van der Waals surface area contributed by atoms with Gasteiger partial charge in [0.2, 0.25) is 11.8 Å². The van der Waals surface area contributed by atoms with Gasteiger partial charge in [-0.05, 0) is 25.0 Å². The number of nitrogens with zero attached hydrogens (tertiary/aromatic N) is 1. The van der Waals surface area contributed by atoms with E-state index in [0.717, 1.165) is 0 Å². The predicted octanol–water partition coefficient (Wildman–Crippen LogP) is 1.94. The minimum absolute atomic E-state index is 0.0109. The first-order chi connectivity index (χ1) is 9.37. The number of halogens is 2. The molecule has 5 nitrogen and oxygen atoms in total. The van der Waals surface area contributed by atoms with Crippen LogP contribution in [0.5, 0.6) is 0 Å². The zero-order valence-corrected chi connectivity index (χ0v) is 10.7. The summed E-state index contributed by atoms with van der Waals surface area (Å²) in [7, 11) is 0. The van der Waals surface area contributed by atoms with Crippen LogP contribution >= 0.6 is 0 Å². The molecule has 1 unspecified atom stereocenters. The highest BCUT2D eigenvalue weighted by Gasteiger charge is 2.39. The van der Waals surface area contributed by atoms with Gasteiger partial charge in [-0.15, -0.1) is 0 Å². The number of rotatable bonds is 3. The fraction of sp³-hybridized carbons (Fsp3) is 0.462. The predicted molar refractivity (Wildman–Crippen MR) is 68.3 cm³/mol. The second-order valence-electron chi connectivity index (χ2n) is 4.93. The molecule has 1 fully saturated rings. The number of primary amides is 1. The van der Waals surface area contributed by atoms with Crippen molar-refractivity contribution < 1.29 is 18.4 Å². The molecule has 1 aromatic rings. The maximum Gasteiger partial charge on any atom is 0.267 e. The summed E-state index contributed by atoms with van der Waals surface area (Å²) in [5.74, 6) is -4.68. The first kappa shape index (κ1) is 14.4. The Morgan fingerprint density at radius 1 is 1.45 bits per heavy atom. The molecule has 1 aliphatic carbocycles. The summed E-state index contributed by atoms with van der Waals surface area (Å²) in [5, 5.41) is 2.52. The van der Waals surface area contributed by atoms with Crippen molar-refractivity contribution >= 4 is 17.5 Å². The fourth-order valence-electron chi connectivity index (χ4n) is 2.28. The summed E-state index contributed by atoms with van der Waals surface area (Å²) in [4.78, 5) is 26.7. The molecule has 108 valence electrons. The Morgan fingerprint density at radius 2 is 2.20 bits per heavy atom. The van der Waals surface area contributed by atoms with Crippen LogP contribution in [-0.2, 0) is 4.79 Å². The van der Waals surface area contributed by atoms with Crippen LogP contribution < -0.4 is 11.1 Å². The van der Waals surface area contributed by atoms with Gasteiger partial charge in [0.1, 0.15) is 5.69 Å². The number of nitrogens with two attached hydrogens (primary N) is 1. The number of hydrogen-bond acceptors (Lipinski definition) is 3. The average Bonchev–Trinajstić information content (AvgIpc) is 2.37. The van der Waals surface area contributed by atoms with Gasteiger partial charge in [-0.3, -0.25) is 14.6 Å². The van der Waals surface area contributed by atoms with Crippen LogP contribution in [0, 0.1) is 5.92 Å². The standard InChI is InChI=1S/C13H15F2N3O2/c14-13(15)4-1-2-8(7-13)12(20)18-9-3-5-17-10(6-9)11(16)19/h3,5-6,8H,1-2,4,7H2,(H2,16,19)(H,17,18,20). The molecule has 1 saturated carbocycles. The van der Waals surface area contributed by atoms with Crippen molar-refractivity contribution in [3.8, 4) is 0 Å². The normalized spacial score (nSPS) is 21.2. The molecule has 0 aromatic carbocycles. The van der Waals surface area contributed by atoms with E-state index in [9.17, 15) is 18.4 Å². The van der Waals surface area contributed by atoms with E-state index in [0.29, 0.717) is 18.5 Å². The van der Waals surface area contributed by atoms with Gasteiger partial charge < -0.3 is 11.1 Å². The zero-order valence-electron chi connectivity index (χ0n) is 10.7. The van der Waals surface area contributed by atoms with E-state index in [1.807, 2.05) is 0 Å². The third-order valence-corrected chi connectivity index (χ3v) is 3.29. The maximum atomic E-state index is 13.3. The number of alkyl halides is 2. The number of carbonyl (C=O) groups excluding carboxylic acids is 2. The highest BCUT2D eigenvalue weighted by Crippen LogP contribution is 2.37. The van der Waals surface area contributed by atoms with Gasteiger partial charge in [0.15, 0.2) is 0 Å². The number of nitrogens with one attached hydrogen (secondary N) is 1. The number of aromatic nitrogens is 1. The maximum absolute atomic E-state index is 13.3. The van der Waals surface area contributed by atoms with Gasteiger partial charge in [0, 0.05) is 30.6 Å². The monoisotopic (exact) mass is 283 g/mol. The molecule has 20 heavy (non-hydrogen) atoms. The Labute approximate surface area is 114 Å². The summed E-state index contributed by atoms with van der Waals surface area (Å²) in [6, 6.07) is 2.80. The number of amides is 2. The van der Waals surface area contributed by atoms with Gasteiger partial charge in [-0.2, -0.15) is 0 Å². The Bertz CT molecular complexity index is 534. The van der Waals surface area contributed by atoms with Crippen LogP contribution in [0.2, 0.25) is 0 Å². The van der Waals surface area contributed by atoms with Gasteiger partial charge in [0.25, 0.3) is 5.91 Å². The van der Waals surface area contributed by atoms with Gasteiger partial charge in [0.05, 0.1) is 0 Å². The number of hydrogen-bond donors (Lipinski definition) is 2. The smallest absolute Gasteiger partial charge is 0.267 e. The minimum Gasteiger partial charge on any atom is -0.364 e. The molecule has 1 aliphatic rings. The van der Waals surface area contributed by atoms with Gasteiger partial charge in [-0.25, -0.2) is 8.78 Å². The highest BCUT2D eigenvalue weighted by molar-refractivity contribution is 5.95. The summed E-state index contributed by atoms with van der Waals surface area (Å²) in [6.07, 6.45) is 1.48. The highest BCUT2D eigenvalue weighted by atomic mass is 19.3. The zero-order chi connectivity index (χ0) is 14.8. The Morgan fingerprint density at radius 3 is 2.85 bits per heavy atom. The SMILES string of the molecule is NC(=O)c1cc(NC(=O)C2CCCC(F)(F)C2)ccn1. The van der Waals surface area contributed by atoms with Crippen molar-refractivity contribution in [1.29, 1.82) is 0 Å². The molecule has 2 amide bonds. The Balaban J connectivity index is 2.04. The molecule has 0 radical (unpaired) electrons. The lowest BCUT2D eigenvalue weighted by Crippen LogP contribution is -2.33. The van der Waals surface area contributed by atoms with E-state index >= 15 is 0 Å². The Kier molecular flexibility index (Phi) is 3.96. The molecule has 0 bridgehead atoms. The molecule has 7 heteroatoms. The van der Waals surface area contributed by atoms with Crippen LogP contribution in [0.25, 0.3) is 0 Å². The molecule has 1 aromatic heterocycles. The second-order valence-corrected chi connectivity index (χ2v) is 4.93. The van der Waals surface area contributed by atoms with Crippen LogP contribution in [0.15, 0.2) is 18.3 Å². The second kappa shape index (κ2) is 5.52. The fourth-order valence-corrected chi connectivity index (χ4v) is 2.28. The van der Waals surface area contributed by atoms with E-state index < -0.39 is 30.1 Å². The average molecular weight is 283 g/mol. The molecule has 0 spiro atoms. The summed E-state index contributed by atoms with van der Waals surface area (Å²) >= 11 is 0. The van der Waals surface area contributed by atoms with Crippen LogP contribution in [0.3, 0.4) is 0 Å². The lowest BCUT2D eigenvalue weighted by Gasteiger charge is -2.27. The van der Waals surface area contributed by atoms with E-state index in [1.165, 1.54) is 18.3 Å². The van der Waals surface area contributed by atoms with E-state index in [-0.39, 0.29) is 12.1 Å². The quantitative estimate of drug-likeness (QED) is 0.889. The minimum atomic E-state index is -2.78. The molecule has 0 saturated heterocycles. The van der Waals surface area contributed by atoms with Crippen molar-refractivity contribution in [2.75, 3.05) is 5.32 Å². The molecule has 1 atom stereocenters. The summed E-state index contributed by atoms with van der Waals surface area (Å²) in [5.41, 5.74) is 5.42. The largest absolute Gasteiger partial charge is 0.364 e. The number of anilines is 1. The molecule has 1 heterocycles. The van der Waals surface area contributed by atoms with Gasteiger partial charge >= 0.3 is 0 Å². The van der Waals surface area contributed by atoms with Crippen molar-refractivity contribution in [3.63, 3.8) is 0 Å². The Hall–Kier alpha value is -2.05. The molecule has 0 aliphatic heterocycles. The number of pyridine rings is 1. The van der Waals surface area contributed by atoms with Crippen molar-refractivity contribution in [3.05, 3.63) is 24.0 Å². The lowest BCUT2D eigenvalue weighted by molar-refractivity contribution is -0.127. The van der Waals surface area contributed by atoms with E-state index in [2.05, 4.69) is 10.3 Å². The van der Waals surface area contributed by atoms with E-state index in [4.69, 9.17) is 5.73 Å². The van der Waals surface area contributed by atoms with Crippen LogP contribution in [-0.4, -0.2) is 22.7 Å². The summed E-state index contributed by atoms with van der Waals surface area (Å²) < 4.78 is 26.5. The van der Waals surface area contributed by atoms with Crippen molar-refractivity contribution in [2.24, 2.45) is 11.7 Å². The van der Waals surface area contributed by atoms with Crippen LogP contribution in [0.1, 0.15) is 36.2 Å². The molecule has 2 rings (SSSR count). The topological polar surface area (TPSA) is 85.1 Å². The van der Waals surface area contributed by atoms with Crippen LogP contribution in [0.4, 0.5) is 14.5 Å². The third-order valence-electron chi connectivity index (χ3n) is 3.29. The lowest BCUT2D eigenvalue weighted by atomic mass is 9.86. The van der Waals surface area contributed by atoms with Gasteiger partial charge in [-0.1, -0.05) is 0 Å². The third kappa shape index (κ3) is 3.49. The molecular formula is C13H15F2N3O2. The molecular weight excluding hydrogens is 268 g/mol. The summed E-state index contributed by atoms with van der Waals surface area (Å²) in [6.45, 7) is 0. The van der Waals surface area contributed by atoms with E-state index in [1.54, 1.807) is 0 Å².